The van der Waals surface area contributed by atoms with Crippen LogP contribution in [0.4, 0.5) is 0 Å². The lowest BCUT2D eigenvalue weighted by atomic mass is 10.2. The number of thiophene rings is 1. The lowest BCUT2D eigenvalue weighted by molar-refractivity contribution is 0.0957. The summed E-state index contributed by atoms with van der Waals surface area (Å²) in [5.74, 6) is 0.0429. The van der Waals surface area contributed by atoms with Crippen LogP contribution >= 0.6 is 11.3 Å². The zero-order chi connectivity index (χ0) is 12.1. The van der Waals surface area contributed by atoms with Gasteiger partial charge in [0, 0.05) is 17.8 Å². The van der Waals surface area contributed by atoms with E-state index in [4.69, 9.17) is 5.26 Å². The van der Waals surface area contributed by atoms with Crippen molar-refractivity contribution in [3.63, 3.8) is 0 Å². The minimum Gasteiger partial charge on any atom is -0.351 e. The second kappa shape index (κ2) is 5.83. The van der Waals surface area contributed by atoms with Crippen LogP contribution in [0.15, 0.2) is 6.07 Å². The highest BCUT2D eigenvalue weighted by molar-refractivity contribution is 7.14. The van der Waals surface area contributed by atoms with Crippen LogP contribution in [0, 0.1) is 11.3 Å². The Morgan fingerprint density at radius 3 is 3.12 bits per heavy atom. The van der Waals surface area contributed by atoms with Crippen molar-refractivity contribution < 1.29 is 4.79 Å². The van der Waals surface area contributed by atoms with Crippen molar-refractivity contribution in [3.05, 3.63) is 21.4 Å². The third-order valence-electron chi connectivity index (χ3n) is 2.97. The van der Waals surface area contributed by atoms with Gasteiger partial charge in [-0.3, -0.25) is 4.79 Å². The summed E-state index contributed by atoms with van der Waals surface area (Å²) >= 11 is 1.63. The quantitative estimate of drug-likeness (QED) is 0.814. The van der Waals surface area contributed by atoms with Crippen LogP contribution in [0.1, 0.15) is 45.8 Å². The van der Waals surface area contributed by atoms with Crippen LogP contribution in [0.5, 0.6) is 0 Å². The molecule has 1 N–H and O–H groups in total. The zero-order valence-electron chi connectivity index (χ0n) is 9.79. The van der Waals surface area contributed by atoms with E-state index in [0.717, 1.165) is 30.6 Å². The van der Waals surface area contributed by atoms with Crippen molar-refractivity contribution in [1.29, 1.82) is 5.26 Å². The van der Waals surface area contributed by atoms with E-state index in [1.165, 1.54) is 16.9 Å². The number of hydrogen-bond acceptors (Lipinski definition) is 3. The first-order valence-corrected chi connectivity index (χ1v) is 6.89. The number of rotatable bonds is 5. The van der Waals surface area contributed by atoms with E-state index in [1.54, 1.807) is 11.3 Å². The van der Waals surface area contributed by atoms with Crippen LogP contribution < -0.4 is 5.32 Å². The minimum atomic E-state index is 0.0429. The molecule has 0 bridgehead atoms. The molecule has 1 aromatic rings. The molecule has 0 saturated heterocycles. The van der Waals surface area contributed by atoms with E-state index < -0.39 is 0 Å². The summed E-state index contributed by atoms with van der Waals surface area (Å²) in [5, 5.41) is 11.3. The molecule has 1 amide bonds. The lowest BCUT2D eigenvalue weighted by Crippen LogP contribution is -2.23. The van der Waals surface area contributed by atoms with Gasteiger partial charge in [0.1, 0.15) is 0 Å². The second-order valence-electron chi connectivity index (χ2n) is 4.28. The number of amides is 1. The summed E-state index contributed by atoms with van der Waals surface area (Å²) in [7, 11) is 0. The third-order valence-corrected chi connectivity index (χ3v) is 4.21. The molecule has 3 nitrogen and oxygen atoms in total. The highest BCUT2D eigenvalue weighted by atomic mass is 32.1. The first kappa shape index (κ1) is 12.1. The first-order chi connectivity index (χ1) is 8.31. The third kappa shape index (κ3) is 3.07. The molecule has 0 spiro atoms. The van der Waals surface area contributed by atoms with Crippen molar-refractivity contribution in [1.82, 2.24) is 5.32 Å². The van der Waals surface area contributed by atoms with Gasteiger partial charge in [0.25, 0.3) is 5.91 Å². The number of carbonyl (C=O) groups excluding carboxylic acids is 1. The van der Waals surface area contributed by atoms with Gasteiger partial charge in [-0.25, -0.2) is 0 Å². The van der Waals surface area contributed by atoms with E-state index in [2.05, 4.69) is 11.4 Å². The summed E-state index contributed by atoms with van der Waals surface area (Å²) in [6.45, 7) is 0.670. The SMILES string of the molecule is N#CCCCCNC(=O)c1cc2c(s1)CCC2. The summed E-state index contributed by atoms with van der Waals surface area (Å²) < 4.78 is 0. The topological polar surface area (TPSA) is 52.9 Å². The second-order valence-corrected chi connectivity index (χ2v) is 5.42. The van der Waals surface area contributed by atoms with Gasteiger partial charge in [-0.05, 0) is 43.7 Å². The van der Waals surface area contributed by atoms with Crippen LogP contribution in [0.25, 0.3) is 0 Å². The molecule has 1 aliphatic carbocycles. The standard InChI is InChI=1S/C13H16N2OS/c14-7-2-1-3-8-15-13(16)12-9-10-5-4-6-11(10)17-12/h9H,1-6,8H2,(H,15,16). The van der Waals surface area contributed by atoms with E-state index in [-0.39, 0.29) is 5.91 Å². The number of nitrogens with one attached hydrogen (secondary N) is 1. The molecule has 0 saturated carbocycles. The highest BCUT2D eigenvalue weighted by Gasteiger charge is 2.17. The summed E-state index contributed by atoms with van der Waals surface area (Å²) in [6.07, 6.45) is 5.80. The molecule has 90 valence electrons. The maximum absolute atomic E-state index is 11.8. The van der Waals surface area contributed by atoms with Gasteiger partial charge in [-0.15, -0.1) is 11.3 Å². The number of nitrogens with zero attached hydrogens (tertiary/aromatic N) is 1. The van der Waals surface area contributed by atoms with Gasteiger partial charge in [-0.2, -0.15) is 5.26 Å². The van der Waals surface area contributed by atoms with Gasteiger partial charge in [-0.1, -0.05) is 0 Å². The molecule has 0 aliphatic heterocycles. The van der Waals surface area contributed by atoms with Crippen LogP contribution in [0.3, 0.4) is 0 Å². The molecule has 0 unspecified atom stereocenters. The molecule has 2 rings (SSSR count). The Balaban J connectivity index is 1.78. The molecule has 17 heavy (non-hydrogen) atoms. The Hall–Kier alpha value is -1.34. The Kier molecular flexibility index (Phi) is 4.16. The Morgan fingerprint density at radius 2 is 2.35 bits per heavy atom. The Morgan fingerprint density at radius 1 is 1.47 bits per heavy atom. The molecule has 0 fully saturated rings. The van der Waals surface area contributed by atoms with Crippen LogP contribution in [-0.2, 0) is 12.8 Å². The fourth-order valence-corrected chi connectivity index (χ4v) is 3.23. The fraction of sp³-hybridized carbons (Fsp3) is 0.538. The summed E-state index contributed by atoms with van der Waals surface area (Å²) in [4.78, 5) is 14.0. The van der Waals surface area contributed by atoms with Crippen molar-refractivity contribution >= 4 is 17.2 Å². The molecule has 4 heteroatoms. The zero-order valence-corrected chi connectivity index (χ0v) is 10.6. The molecule has 0 radical (unpaired) electrons. The van der Waals surface area contributed by atoms with Gasteiger partial charge in [0.2, 0.25) is 0 Å². The molecule has 1 aromatic heterocycles. The lowest BCUT2D eigenvalue weighted by Gasteiger charge is -2.01. The normalized spacial score (nSPS) is 13.1. The first-order valence-electron chi connectivity index (χ1n) is 6.08. The average Bonchev–Trinajstić information content (AvgIpc) is 2.88. The average molecular weight is 248 g/mol. The molecular weight excluding hydrogens is 232 g/mol. The van der Waals surface area contributed by atoms with Gasteiger partial charge < -0.3 is 5.32 Å². The molecule has 0 aromatic carbocycles. The van der Waals surface area contributed by atoms with E-state index in [1.807, 2.05) is 6.07 Å². The number of nitriles is 1. The fourth-order valence-electron chi connectivity index (χ4n) is 2.06. The smallest absolute Gasteiger partial charge is 0.261 e. The predicted octanol–water partition coefficient (Wildman–Crippen LogP) is 2.66. The Labute approximate surface area is 105 Å². The van der Waals surface area contributed by atoms with E-state index in [9.17, 15) is 4.79 Å². The van der Waals surface area contributed by atoms with Gasteiger partial charge in [0.15, 0.2) is 0 Å². The molecule has 1 heterocycles. The van der Waals surface area contributed by atoms with E-state index >= 15 is 0 Å². The van der Waals surface area contributed by atoms with Crippen molar-refractivity contribution in [2.24, 2.45) is 0 Å². The van der Waals surface area contributed by atoms with Crippen LogP contribution in [0.2, 0.25) is 0 Å². The minimum absolute atomic E-state index is 0.0429. The number of fused-ring (bicyclic) bond motifs is 1. The largest absolute Gasteiger partial charge is 0.351 e. The summed E-state index contributed by atoms with van der Waals surface area (Å²) in [6, 6.07) is 4.14. The monoisotopic (exact) mass is 248 g/mol. The Bertz CT molecular complexity index is 423. The number of carbonyl (C=O) groups is 1. The maximum atomic E-state index is 11.8. The van der Waals surface area contributed by atoms with Gasteiger partial charge in [0.05, 0.1) is 10.9 Å². The maximum Gasteiger partial charge on any atom is 0.261 e. The van der Waals surface area contributed by atoms with Crippen molar-refractivity contribution in [3.8, 4) is 6.07 Å². The van der Waals surface area contributed by atoms with Crippen molar-refractivity contribution in [2.45, 2.75) is 38.5 Å². The molecular formula is C13H16N2OS. The molecule has 1 aliphatic rings. The number of aryl methyl sites for hydroxylation is 2. The van der Waals surface area contributed by atoms with E-state index in [0.29, 0.717) is 13.0 Å². The van der Waals surface area contributed by atoms with Gasteiger partial charge >= 0.3 is 0 Å². The predicted molar refractivity (Wildman–Crippen MR) is 68.1 cm³/mol. The number of hydrogen-bond donors (Lipinski definition) is 1. The van der Waals surface area contributed by atoms with Crippen molar-refractivity contribution in [2.75, 3.05) is 6.54 Å². The summed E-state index contributed by atoms with van der Waals surface area (Å²) in [5.41, 5.74) is 1.37. The van der Waals surface area contributed by atoms with Crippen LogP contribution in [-0.4, -0.2) is 12.5 Å². The number of unbranched alkanes of at least 4 members (excludes halogenated alkanes) is 2. The highest BCUT2D eigenvalue weighted by Crippen LogP contribution is 2.30. The molecule has 0 atom stereocenters.